The third-order valence-electron chi connectivity index (χ3n) is 3.72. The molecule has 0 aliphatic rings. The van der Waals surface area contributed by atoms with E-state index in [1.54, 1.807) is 12.3 Å². The lowest BCUT2D eigenvalue weighted by Gasteiger charge is -2.24. The average Bonchev–Trinajstić information content (AvgIpc) is 3.01. The minimum Gasteiger partial charge on any atom is -0.361 e. The van der Waals surface area contributed by atoms with Crippen molar-refractivity contribution in [1.29, 1.82) is 5.26 Å². The molecule has 0 saturated carbocycles. The highest BCUT2D eigenvalue weighted by atomic mass is 16.5. The molecular weight excluding hydrogens is 292 g/mol. The molecule has 1 amide bonds. The zero-order chi connectivity index (χ0) is 17.2. The number of nitrogens with one attached hydrogen (secondary N) is 1. The van der Waals surface area contributed by atoms with Crippen molar-refractivity contribution in [1.82, 2.24) is 9.72 Å². The van der Waals surface area contributed by atoms with Gasteiger partial charge in [0.1, 0.15) is 17.6 Å². The van der Waals surface area contributed by atoms with Gasteiger partial charge in [0.2, 0.25) is 5.91 Å². The second-order valence-corrected chi connectivity index (χ2v) is 6.62. The van der Waals surface area contributed by atoms with E-state index in [0.717, 1.165) is 17.0 Å². The molecule has 0 unspecified atom stereocenters. The Kier molecular flexibility index (Phi) is 4.60. The molecule has 0 fully saturated rings. The van der Waals surface area contributed by atoms with Crippen molar-refractivity contribution in [3.8, 4) is 6.07 Å². The number of anilines is 1. The van der Waals surface area contributed by atoms with Crippen molar-refractivity contribution in [3.63, 3.8) is 0 Å². The van der Waals surface area contributed by atoms with Crippen LogP contribution >= 0.6 is 0 Å². The highest BCUT2D eigenvalue weighted by molar-refractivity contribution is 5.90. The number of rotatable bonds is 4. The molecule has 0 aliphatic heterocycles. The lowest BCUT2D eigenvalue weighted by molar-refractivity contribution is -0.116. The fourth-order valence-corrected chi connectivity index (χ4v) is 2.48. The van der Waals surface area contributed by atoms with Gasteiger partial charge in [0.05, 0.1) is 11.3 Å². The van der Waals surface area contributed by atoms with Gasteiger partial charge in [-0.25, -0.2) is 0 Å². The van der Waals surface area contributed by atoms with Gasteiger partial charge in [0, 0.05) is 23.7 Å². The fourth-order valence-electron chi connectivity index (χ4n) is 2.48. The van der Waals surface area contributed by atoms with E-state index in [9.17, 15) is 4.79 Å². The number of aromatic nitrogens is 2. The first-order valence-corrected chi connectivity index (χ1v) is 7.57. The summed E-state index contributed by atoms with van der Waals surface area (Å²) in [7, 11) is 0. The molecule has 2 heterocycles. The molecule has 0 saturated heterocycles. The van der Waals surface area contributed by atoms with Gasteiger partial charge >= 0.3 is 0 Å². The highest BCUT2D eigenvalue weighted by Crippen LogP contribution is 2.24. The van der Waals surface area contributed by atoms with Crippen LogP contribution in [-0.4, -0.2) is 15.6 Å². The summed E-state index contributed by atoms with van der Waals surface area (Å²) in [6.45, 7) is 9.78. The summed E-state index contributed by atoms with van der Waals surface area (Å²) in [5.41, 5.74) is 2.10. The van der Waals surface area contributed by atoms with Gasteiger partial charge in [-0.15, -0.1) is 0 Å². The standard InChI is InChI=1S/C17H22N4O2/c1-11-14(12(2)23-20-11)6-7-16(22)19-15-8-13(9-18)10-21(15)17(3,4)5/h8,10H,6-7H2,1-5H3,(H,19,22). The van der Waals surface area contributed by atoms with Crippen molar-refractivity contribution < 1.29 is 9.32 Å². The van der Waals surface area contributed by atoms with E-state index in [-0.39, 0.29) is 11.4 Å². The third-order valence-corrected chi connectivity index (χ3v) is 3.72. The zero-order valence-electron chi connectivity index (χ0n) is 14.2. The second kappa shape index (κ2) is 6.29. The van der Waals surface area contributed by atoms with Crippen LogP contribution in [-0.2, 0) is 16.8 Å². The molecule has 2 rings (SSSR count). The molecule has 2 aromatic heterocycles. The second-order valence-electron chi connectivity index (χ2n) is 6.62. The van der Waals surface area contributed by atoms with Crippen LogP contribution in [0.3, 0.4) is 0 Å². The summed E-state index contributed by atoms with van der Waals surface area (Å²) in [5, 5.41) is 15.9. The van der Waals surface area contributed by atoms with E-state index in [4.69, 9.17) is 9.78 Å². The first-order valence-electron chi connectivity index (χ1n) is 7.57. The number of hydrogen-bond donors (Lipinski definition) is 1. The van der Waals surface area contributed by atoms with Crippen molar-refractivity contribution in [3.05, 3.63) is 34.8 Å². The normalized spacial score (nSPS) is 11.3. The fraction of sp³-hybridized carbons (Fsp3) is 0.471. The van der Waals surface area contributed by atoms with Gasteiger partial charge in [-0.05, 0) is 47.1 Å². The Bertz CT molecular complexity index is 737. The van der Waals surface area contributed by atoms with Crippen molar-refractivity contribution in [2.75, 3.05) is 5.32 Å². The van der Waals surface area contributed by atoms with Crippen molar-refractivity contribution in [2.24, 2.45) is 0 Å². The summed E-state index contributed by atoms with van der Waals surface area (Å²) < 4.78 is 7.01. The van der Waals surface area contributed by atoms with Gasteiger partial charge in [-0.1, -0.05) is 5.16 Å². The first kappa shape index (κ1) is 16.8. The molecular formula is C17H22N4O2. The minimum atomic E-state index is -0.223. The Labute approximate surface area is 136 Å². The lowest BCUT2D eigenvalue weighted by Crippen LogP contribution is -2.25. The Morgan fingerprint density at radius 1 is 1.43 bits per heavy atom. The van der Waals surface area contributed by atoms with Crippen molar-refractivity contribution >= 4 is 11.7 Å². The molecule has 0 atom stereocenters. The summed E-state index contributed by atoms with van der Waals surface area (Å²) in [6, 6.07) is 3.80. The molecule has 2 aromatic rings. The Balaban J connectivity index is 2.09. The van der Waals surface area contributed by atoms with Crippen LogP contribution in [0.15, 0.2) is 16.8 Å². The molecule has 122 valence electrons. The smallest absolute Gasteiger partial charge is 0.225 e. The molecule has 0 spiro atoms. The number of aryl methyl sites for hydroxylation is 2. The quantitative estimate of drug-likeness (QED) is 0.938. The molecule has 23 heavy (non-hydrogen) atoms. The predicted molar refractivity (Wildman–Crippen MR) is 87.1 cm³/mol. The number of nitriles is 1. The molecule has 6 nitrogen and oxygen atoms in total. The van der Waals surface area contributed by atoms with Crippen LogP contribution in [0, 0.1) is 25.2 Å². The van der Waals surface area contributed by atoms with E-state index in [1.807, 2.05) is 39.2 Å². The Morgan fingerprint density at radius 2 is 2.13 bits per heavy atom. The van der Waals surface area contributed by atoms with E-state index in [2.05, 4.69) is 16.5 Å². The lowest BCUT2D eigenvalue weighted by atomic mass is 10.1. The maximum atomic E-state index is 12.2. The Morgan fingerprint density at radius 3 is 2.65 bits per heavy atom. The number of nitrogens with zero attached hydrogens (tertiary/aromatic N) is 3. The van der Waals surface area contributed by atoms with Gasteiger partial charge in [-0.2, -0.15) is 5.26 Å². The Hall–Kier alpha value is -2.55. The number of hydrogen-bond acceptors (Lipinski definition) is 4. The predicted octanol–water partition coefficient (Wildman–Crippen LogP) is 3.29. The largest absolute Gasteiger partial charge is 0.361 e. The number of amides is 1. The molecule has 0 radical (unpaired) electrons. The summed E-state index contributed by atoms with van der Waals surface area (Å²) in [5.74, 6) is 1.29. The molecule has 0 aromatic carbocycles. The molecule has 0 bridgehead atoms. The number of carbonyl (C=O) groups is 1. The zero-order valence-corrected chi connectivity index (χ0v) is 14.2. The summed E-state index contributed by atoms with van der Waals surface area (Å²) >= 11 is 0. The van der Waals surface area contributed by atoms with Crippen LogP contribution in [0.1, 0.15) is 49.8 Å². The topological polar surface area (TPSA) is 83.8 Å². The van der Waals surface area contributed by atoms with E-state index >= 15 is 0 Å². The average molecular weight is 314 g/mol. The van der Waals surface area contributed by atoms with Gasteiger partial charge < -0.3 is 14.4 Å². The summed E-state index contributed by atoms with van der Waals surface area (Å²) in [4.78, 5) is 12.2. The van der Waals surface area contributed by atoms with Crippen LogP contribution in [0.2, 0.25) is 0 Å². The van der Waals surface area contributed by atoms with E-state index < -0.39 is 0 Å². The van der Waals surface area contributed by atoms with Gasteiger partial charge in [0.15, 0.2) is 0 Å². The highest BCUT2D eigenvalue weighted by Gasteiger charge is 2.19. The van der Waals surface area contributed by atoms with Crippen LogP contribution in [0.5, 0.6) is 0 Å². The number of carbonyl (C=O) groups excluding carboxylic acids is 1. The van der Waals surface area contributed by atoms with Gasteiger partial charge in [0.25, 0.3) is 0 Å². The molecule has 1 N–H and O–H groups in total. The first-order chi connectivity index (χ1) is 10.7. The van der Waals surface area contributed by atoms with Crippen LogP contribution < -0.4 is 5.32 Å². The maximum absolute atomic E-state index is 12.2. The monoisotopic (exact) mass is 314 g/mol. The summed E-state index contributed by atoms with van der Waals surface area (Å²) in [6.07, 6.45) is 2.67. The van der Waals surface area contributed by atoms with Crippen LogP contribution in [0.4, 0.5) is 5.82 Å². The van der Waals surface area contributed by atoms with Crippen LogP contribution in [0.25, 0.3) is 0 Å². The van der Waals surface area contributed by atoms with Crippen molar-refractivity contribution in [2.45, 2.75) is 53.0 Å². The van der Waals surface area contributed by atoms with Gasteiger partial charge in [-0.3, -0.25) is 4.79 Å². The molecule has 0 aliphatic carbocycles. The molecule has 6 heteroatoms. The van der Waals surface area contributed by atoms with E-state index in [0.29, 0.717) is 24.2 Å². The SMILES string of the molecule is Cc1noc(C)c1CCC(=O)Nc1cc(C#N)cn1C(C)(C)C. The third kappa shape index (κ3) is 3.81. The maximum Gasteiger partial charge on any atom is 0.225 e. The minimum absolute atomic E-state index is 0.0990. The van der Waals surface area contributed by atoms with E-state index in [1.165, 1.54) is 0 Å².